The Bertz CT molecular complexity index is 295. The average Bonchev–Trinajstić information content (AvgIpc) is 2.34. The first kappa shape index (κ1) is 17.9. The molecular formula is C17H34O3. The first-order chi connectivity index (χ1) is 9.09. The summed E-state index contributed by atoms with van der Waals surface area (Å²) in [4.78, 5) is 0. The Morgan fingerprint density at radius 3 is 2.15 bits per heavy atom. The van der Waals surface area contributed by atoms with E-state index in [0.29, 0.717) is 11.8 Å². The molecular weight excluding hydrogens is 252 g/mol. The van der Waals surface area contributed by atoms with Crippen LogP contribution in [0.5, 0.6) is 0 Å². The molecule has 1 aliphatic heterocycles. The summed E-state index contributed by atoms with van der Waals surface area (Å²) >= 11 is 0. The van der Waals surface area contributed by atoms with E-state index in [9.17, 15) is 10.2 Å². The summed E-state index contributed by atoms with van der Waals surface area (Å²) in [7, 11) is 0. The van der Waals surface area contributed by atoms with E-state index in [1.54, 1.807) is 0 Å². The van der Waals surface area contributed by atoms with Crippen LogP contribution in [0.15, 0.2) is 0 Å². The first-order valence-electron chi connectivity index (χ1n) is 8.11. The number of hydrogen-bond acceptors (Lipinski definition) is 3. The van der Waals surface area contributed by atoms with Crippen molar-refractivity contribution >= 4 is 0 Å². The maximum absolute atomic E-state index is 10.5. The summed E-state index contributed by atoms with van der Waals surface area (Å²) in [6.07, 6.45) is 0.589. The fourth-order valence-electron chi connectivity index (χ4n) is 3.33. The second kappa shape index (κ2) is 6.76. The number of ether oxygens (including phenoxy) is 1. The molecule has 0 bridgehead atoms. The first-order valence-corrected chi connectivity index (χ1v) is 8.11. The van der Waals surface area contributed by atoms with Crippen LogP contribution in [0.3, 0.4) is 0 Å². The number of aliphatic hydroxyl groups is 2. The lowest BCUT2D eigenvalue weighted by Crippen LogP contribution is -2.53. The molecule has 0 aromatic carbocycles. The Kier molecular flexibility index (Phi) is 6.06. The lowest BCUT2D eigenvalue weighted by molar-refractivity contribution is -0.201. The summed E-state index contributed by atoms with van der Waals surface area (Å²) in [6, 6.07) is 0. The van der Waals surface area contributed by atoms with Crippen molar-refractivity contribution in [3.63, 3.8) is 0 Å². The van der Waals surface area contributed by atoms with E-state index in [2.05, 4.69) is 13.8 Å². The quantitative estimate of drug-likeness (QED) is 0.834. The number of hydrogen-bond donors (Lipinski definition) is 2. The molecule has 0 aromatic heterocycles. The van der Waals surface area contributed by atoms with E-state index in [4.69, 9.17) is 4.74 Å². The molecule has 1 fully saturated rings. The van der Waals surface area contributed by atoms with Gasteiger partial charge in [0.1, 0.15) is 0 Å². The van der Waals surface area contributed by atoms with Gasteiger partial charge in [-0.3, -0.25) is 0 Å². The zero-order valence-electron chi connectivity index (χ0n) is 14.3. The zero-order chi connectivity index (χ0) is 15.7. The van der Waals surface area contributed by atoms with Gasteiger partial charge in [0, 0.05) is 0 Å². The van der Waals surface area contributed by atoms with Gasteiger partial charge in [0.05, 0.1) is 24.4 Å². The van der Waals surface area contributed by atoms with E-state index in [1.165, 1.54) is 0 Å². The highest BCUT2D eigenvalue weighted by Gasteiger charge is 2.44. The Balaban J connectivity index is 2.91. The van der Waals surface area contributed by atoms with Crippen molar-refractivity contribution in [3.8, 4) is 0 Å². The molecule has 1 aliphatic rings. The maximum Gasteiger partial charge on any atom is 0.0872 e. The predicted molar refractivity (Wildman–Crippen MR) is 82.5 cm³/mol. The van der Waals surface area contributed by atoms with Gasteiger partial charge in [-0.15, -0.1) is 0 Å². The van der Waals surface area contributed by atoms with Crippen LogP contribution in [0.25, 0.3) is 0 Å². The van der Waals surface area contributed by atoms with Crippen molar-refractivity contribution in [3.05, 3.63) is 0 Å². The van der Waals surface area contributed by atoms with E-state index in [-0.39, 0.29) is 23.5 Å². The van der Waals surface area contributed by atoms with Gasteiger partial charge in [0.15, 0.2) is 0 Å². The predicted octanol–water partition coefficient (Wildman–Crippen LogP) is 3.23. The van der Waals surface area contributed by atoms with Crippen LogP contribution >= 0.6 is 0 Å². The van der Waals surface area contributed by atoms with E-state index in [1.807, 2.05) is 34.6 Å². The van der Waals surface area contributed by atoms with Crippen molar-refractivity contribution in [1.29, 1.82) is 0 Å². The Morgan fingerprint density at radius 2 is 1.75 bits per heavy atom. The molecule has 1 saturated heterocycles. The molecule has 6 unspecified atom stereocenters. The lowest BCUT2D eigenvalue weighted by atomic mass is 9.73. The smallest absolute Gasteiger partial charge is 0.0872 e. The molecule has 20 heavy (non-hydrogen) atoms. The van der Waals surface area contributed by atoms with Crippen molar-refractivity contribution in [1.82, 2.24) is 0 Å². The van der Waals surface area contributed by atoms with E-state index < -0.39 is 12.2 Å². The molecule has 0 aromatic rings. The molecule has 2 N–H and O–H groups in total. The van der Waals surface area contributed by atoms with Crippen LogP contribution in [0.4, 0.5) is 0 Å². The van der Waals surface area contributed by atoms with Crippen LogP contribution in [-0.2, 0) is 4.74 Å². The number of aliphatic hydroxyl groups excluding tert-OH is 2. The van der Waals surface area contributed by atoms with Crippen LogP contribution < -0.4 is 0 Å². The van der Waals surface area contributed by atoms with Crippen molar-refractivity contribution < 1.29 is 14.9 Å². The molecule has 6 atom stereocenters. The van der Waals surface area contributed by atoms with Gasteiger partial charge in [0.25, 0.3) is 0 Å². The zero-order valence-corrected chi connectivity index (χ0v) is 14.3. The van der Waals surface area contributed by atoms with Crippen LogP contribution in [-0.4, -0.2) is 34.6 Å². The lowest BCUT2D eigenvalue weighted by Gasteiger charge is -2.46. The standard InChI is InChI=1S/C17H34O3/c1-8-12-11(4)9-13(16(19)17(5,6)7)20-15(12)14(18)10(2)3/h10-16,18-19H,8-9H2,1-7H3. The maximum atomic E-state index is 10.5. The van der Waals surface area contributed by atoms with Gasteiger partial charge in [-0.25, -0.2) is 0 Å². The molecule has 120 valence electrons. The van der Waals surface area contributed by atoms with Crippen molar-refractivity contribution in [2.75, 3.05) is 0 Å². The number of rotatable bonds is 4. The SMILES string of the molecule is CCC1C(C)CC(C(O)C(C)(C)C)OC1C(O)C(C)C. The van der Waals surface area contributed by atoms with Gasteiger partial charge in [0.2, 0.25) is 0 Å². The molecule has 0 aliphatic carbocycles. The molecule has 0 spiro atoms. The second-order valence-corrected chi connectivity index (χ2v) is 7.97. The minimum Gasteiger partial charge on any atom is -0.390 e. The minimum atomic E-state index is -0.496. The summed E-state index contributed by atoms with van der Waals surface area (Å²) < 4.78 is 6.17. The molecule has 1 heterocycles. The Labute approximate surface area is 124 Å². The van der Waals surface area contributed by atoms with Crippen LogP contribution in [0, 0.1) is 23.2 Å². The monoisotopic (exact) mass is 286 g/mol. The normalized spacial score (nSPS) is 35.1. The third-order valence-electron chi connectivity index (χ3n) is 4.82. The van der Waals surface area contributed by atoms with Crippen LogP contribution in [0.2, 0.25) is 0 Å². The van der Waals surface area contributed by atoms with Gasteiger partial charge >= 0.3 is 0 Å². The Hall–Kier alpha value is -0.120. The van der Waals surface area contributed by atoms with Gasteiger partial charge in [-0.05, 0) is 29.6 Å². The highest BCUT2D eigenvalue weighted by atomic mass is 16.5. The molecule has 0 radical (unpaired) electrons. The summed E-state index contributed by atoms with van der Waals surface area (Å²) in [5.74, 6) is 1.01. The van der Waals surface area contributed by atoms with E-state index >= 15 is 0 Å². The highest BCUT2D eigenvalue weighted by Crippen LogP contribution is 2.39. The van der Waals surface area contributed by atoms with Crippen LogP contribution in [0.1, 0.15) is 61.3 Å². The summed E-state index contributed by atoms with van der Waals surface area (Å²) in [6.45, 7) is 14.5. The molecule has 0 amide bonds. The molecule has 1 rings (SSSR count). The largest absolute Gasteiger partial charge is 0.390 e. The van der Waals surface area contributed by atoms with Gasteiger partial charge in [-0.1, -0.05) is 54.9 Å². The van der Waals surface area contributed by atoms with Crippen molar-refractivity contribution in [2.45, 2.75) is 85.7 Å². The molecule has 3 heteroatoms. The molecule has 0 saturated carbocycles. The van der Waals surface area contributed by atoms with Gasteiger partial charge in [-0.2, -0.15) is 0 Å². The van der Waals surface area contributed by atoms with Gasteiger partial charge < -0.3 is 14.9 Å². The Morgan fingerprint density at radius 1 is 1.20 bits per heavy atom. The van der Waals surface area contributed by atoms with E-state index in [0.717, 1.165) is 12.8 Å². The average molecular weight is 286 g/mol. The summed E-state index contributed by atoms with van der Waals surface area (Å²) in [5.41, 5.74) is -0.198. The molecule has 3 nitrogen and oxygen atoms in total. The third-order valence-corrected chi connectivity index (χ3v) is 4.82. The van der Waals surface area contributed by atoms with Crippen molar-refractivity contribution in [2.24, 2.45) is 23.2 Å². The highest BCUT2D eigenvalue weighted by molar-refractivity contribution is 4.92. The topological polar surface area (TPSA) is 49.7 Å². The fraction of sp³-hybridized carbons (Fsp3) is 1.00. The summed E-state index contributed by atoms with van der Waals surface area (Å²) in [5, 5.41) is 21.0. The second-order valence-electron chi connectivity index (χ2n) is 7.97. The fourth-order valence-corrected chi connectivity index (χ4v) is 3.33. The third kappa shape index (κ3) is 3.96. The minimum absolute atomic E-state index is 0.161.